The average Bonchev–Trinajstić information content (AvgIpc) is 2.78. The van der Waals surface area contributed by atoms with Gasteiger partial charge in [-0.05, 0) is 31.4 Å². The van der Waals surface area contributed by atoms with Crippen molar-refractivity contribution in [3.8, 4) is 0 Å². The molecule has 0 aliphatic carbocycles. The van der Waals surface area contributed by atoms with E-state index in [1.165, 1.54) is 11.3 Å². The van der Waals surface area contributed by atoms with E-state index >= 15 is 0 Å². The molecule has 1 aromatic carbocycles. The number of hydrogen-bond donors (Lipinski definition) is 2. The van der Waals surface area contributed by atoms with Gasteiger partial charge in [-0.15, -0.1) is 0 Å². The van der Waals surface area contributed by atoms with Crippen molar-refractivity contribution in [3.63, 3.8) is 0 Å². The number of anilines is 1. The molecule has 1 aliphatic rings. The second-order valence-electron chi connectivity index (χ2n) is 5.30. The summed E-state index contributed by atoms with van der Waals surface area (Å²) >= 11 is 0. The Kier molecular flexibility index (Phi) is 5.27. The van der Waals surface area contributed by atoms with Gasteiger partial charge < -0.3 is 15.5 Å². The van der Waals surface area contributed by atoms with Crippen LogP contribution in [0.15, 0.2) is 29.3 Å². The van der Waals surface area contributed by atoms with Gasteiger partial charge in [0, 0.05) is 38.4 Å². The molecular weight excluding hydrogens is 248 g/mol. The van der Waals surface area contributed by atoms with Crippen molar-refractivity contribution >= 4 is 11.6 Å². The van der Waals surface area contributed by atoms with E-state index in [1.54, 1.807) is 0 Å². The Morgan fingerprint density at radius 1 is 1.30 bits per heavy atom. The average molecular weight is 274 g/mol. The highest BCUT2D eigenvalue weighted by molar-refractivity contribution is 5.79. The van der Waals surface area contributed by atoms with E-state index in [9.17, 15) is 0 Å². The van der Waals surface area contributed by atoms with Crippen LogP contribution in [0.5, 0.6) is 0 Å². The lowest BCUT2D eigenvalue weighted by molar-refractivity contribution is 0.656. The minimum absolute atomic E-state index is 0.583. The lowest BCUT2D eigenvalue weighted by Gasteiger charge is -2.25. The second kappa shape index (κ2) is 7.17. The summed E-state index contributed by atoms with van der Waals surface area (Å²) in [6, 6.07) is 9.30. The molecule has 1 atom stereocenters. The van der Waals surface area contributed by atoms with Gasteiger partial charge in [-0.2, -0.15) is 0 Å². The molecule has 0 amide bonds. The van der Waals surface area contributed by atoms with Gasteiger partial charge in [-0.3, -0.25) is 4.99 Å². The first-order chi connectivity index (χ1) is 9.76. The lowest BCUT2D eigenvalue weighted by atomic mass is 10.1. The van der Waals surface area contributed by atoms with Gasteiger partial charge in [0.05, 0.1) is 0 Å². The fourth-order valence-electron chi connectivity index (χ4n) is 2.73. The monoisotopic (exact) mass is 274 g/mol. The lowest BCUT2D eigenvalue weighted by Crippen LogP contribution is -2.43. The number of para-hydroxylation sites is 1. The summed E-state index contributed by atoms with van der Waals surface area (Å²) in [4.78, 5) is 6.71. The molecule has 1 heterocycles. The van der Waals surface area contributed by atoms with Crippen LogP contribution in [-0.4, -0.2) is 38.7 Å². The molecule has 2 rings (SSSR count). The molecule has 0 bridgehead atoms. The zero-order chi connectivity index (χ0) is 14.4. The van der Waals surface area contributed by atoms with Gasteiger partial charge in [0.1, 0.15) is 0 Å². The van der Waals surface area contributed by atoms with E-state index in [4.69, 9.17) is 0 Å². The predicted octanol–water partition coefficient (Wildman–Crippen LogP) is 2.01. The Labute approximate surface area is 122 Å². The quantitative estimate of drug-likeness (QED) is 0.637. The number of rotatable bonds is 5. The second-order valence-corrected chi connectivity index (χ2v) is 5.30. The molecule has 0 fully saturated rings. The van der Waals surface area contributed by atoms with Gasteiger partial charge >= 0.3 is 0 Å². The van der Waals surface area contributed by atoms with E-state index in [0.717, 1.165) is 38.4 Å². The molecule has 20 heavy (non-hydrogen) atoms. The molecule has 4 nitrogen and oxygen atoms in total. The van der Waals surface area contributed by atoms with E-state index in [0.29, 0.717) is 6.04 Å². The summed E-state index contributed by atoms with van der Waals surface area (Å²) in [6.45, 7) is 7.32. The zero-order valence-corrected chi connectivity index (χ0v) is 12.8. The van der Waals surface area contributed by atoms with E-state index in [1.807, 2.05) is 7.05 Å². The summed E-state index contributed by atoms with van der Waals surface area (Å²) in [5.74, 6) is 0.895. The van der Waals surface area contributed by atoms with Crippen molar-refractivity contribution in [2.24, 2.45) is 4.99 Å². The van der Waals surface area contributed by atoms with E-state index in [-0.39, 0.29) is 0 Å². The number of nitrogens with zero attached hydrogens (tertiary/aromatic N) is 2. The first kappa shape index (κ1) is 14.7. The number of fused-ring (bicyclic) bond motifs is 1. The van der Waals surface area contributed by atoms with E-state index < -0.39 is 0 Å². The first-order valence-electron chi connectivity index (χ1n) is 7.55. The third-order valence-electron chi connectivity index (χ3n) is 3.76. The fraction of sp³-hybridized carbons (Fsp3) is 0.562. The highest BCUT2D eigenvalue weighted by atomic mass is 15.2. The van der Waals surface area contributed by atoms with Crippen LogP contribution >= 0.6 is 0 Å². The molecule has 0 radical (unpaired) electrons. The smallest absolute Gasteiger partial charge is 0.191 e. The van der Waals surface area contributed by atoms with Crippen LogP contribution in [0.2, 0.25) is 0 Å². The topological polar surface area (TPSA) is 39.7 Å². The molecule has 0 saturated carbocycles. The van der Waals surface area contributed by atoms with Gasteiger partial charge in [0.25, 0.3) is 0 Å². The summed E-state index contributed by atoms with van der Waals surface area (Å²) in [5, 5.41) is 6.67. The van der Waals surface area contributed by atoms with Crippen molar-refractivity contribution in [3.05, 3.63) is 29.8 Å². The van der Waals surface area contributed by atoms with Crippen molar-refractivity contribution in [1.82, 2.24) is 10.6 Å². The highest BCUT2D eigenvalue weighted by Crippen LogP contribution is 2.30. The third-order valence-corrected chi connectivity index (χ3v) is 3.76. The molecule has 4 heteroatoms. The Hall–Kier alpha value is -1.71. The number of nitrogens with one attached hydrogen (secondary N) is 2. The summed E-state index contributed by atoms with van der Waals surface area (Å²) < 4.78 is 0. The molecule has 1 aromatic rings. The minimum Gasteiger partial charge on any atom is -0.367 e. The molecule has 1 unspecified atom stereocenters. The van der Waals surface area contributed by atoms with Crippen LogP contribution in [0.25, 0.3) is 0 Å². The van der Waals surface area contributed by atoms with Gasteiger partial charge in [0.2, 0.25) is 0 Å². The predicted molar refractivity (Wildman–Crippen MR) is 86.6 cm³/mol. The number of aliphatic imine (C=N–C) groups is 1. The maximum atomic E-state index is 4.23. The van der Waals surface area contributed by atoms with Crippen LogP contribution in [0, 0.1) is 0 Å². The first-order valence-corrected chi connectivity index (χ1v) is 7.55. The summed E-state index contributed by atoms with van der Waals surface area (Å²) in [6.07, 6.45) is 2.26. The van der Waals surface area contributed by atoms with Gasteiger partial charge in [-0.1, -0.05) is 25.1 Å². The van der Waals surface area contributed by atoms with Gasteiger partial charge in [-0.25, -0.2) is 0 Å². The molecule has 1 aliphatic heterocycles. The van der Waals surface area contributed by atoms with Crippen molar-refractivity contribution in [2.75, 3.05) is 31.6 Å². The van der Waals surface area contributed by atoms with Crippen LogP contribution in [-0.2, 0) is 6.42 Å². The molecular formula is C16H26N4. The van der Waals surface area contributed by atoms with Crippen LogP contribution in [0.4, 0.5) is 5.69 Å². The molecule has 0 aromatic heterocycles. The normalized spacial score (nSPS) is 18.1. The molecule has 0 spiro atoms. The largest absolute Gasteiger partial charge is 0.367 e. The number of guanidine groups is 1. The Balaban J connectivity index is 1.85. The maximum absolute atomic E-state index is 4.23. The maximum Gasteiger partial charge on any atom is 0.191 e. The van der Waals surface area contributed by atoms with Crippen LogP contribution < -0.4 is 15.5 Å². The Morgan fingerprint density at radius 2 is 2.05 bits per heavy atom. The van der Waals surface area contributed by atoms with Crippen molar-refractivity contribution in [1.29, 1.82) is 0 Å². The number of benzene rings is 1. The Morgan fingerprint density at radius 3 is 2.80 bits per heavy atom. The molecule has 2 N–H and O–H groups in total. The summed E-state index contributed by atoms with van der Waals surface area (Å²) in [5.41, 5.74) is 2.85. The van der Waals surface area contributed by atoms with Crippen molar-refractivity contribution < 1.29 is 0 Å². The van der Waals surface area contributed by atoms with Crippen LogP contribution in [0.1, 0.15) is 25.8 Å². The SMILES string of the molecule is CCCNC(=NC)NCCN1c2ccccc2CC1C. The third kappa shape index (κ3) is 3.44. The van der Waals surface area contributed by atoms with Crippen molar-refractivity contribution in [2.45, 2.75) is 32.7 Å². The van der Waals surface area contributed by atoms with E-state index in [2.05, 4.69) is 58.6 Å². The highest BCUT2D eigenvalue weighted by Gasteiger charge is 2.24. The minimum atomic E-state index is 0.583. The number of hydrogen-bond acceptors (Lipinski definition) is 2. The summed E-state index contributed by atoms with van der Waals surface area (Å²) in [7, 11) is 1.82. The molecule has 110 valence electrons. The Bertz CT molecular complexity index is 456. The molecule has 0 saturated heterocycles. The standard InChI is InChI=1S/C16H26N4/c1-4-9-18-16(17-3)19-10-11-20-13(2)12-14-7-5-6-8-15(14)20/h5-8,13H,4,9-12H2,1-3H3,(H2,17,18,19). The van der Waals surface area contributed by atoms with Crippen LogP contribution in [0.3, 0.4) is 0 Å². The van der Waals surface area contributed by atoms with Gasteiger partial charge in [0.15, 0.2) is 5.96 Å². The zero-order valence-electron chi connectivity index (χ0n) is 12.8. The fourth-order valence-corrected chi connectivity index (χ4v) is 2.73.